The summed E-state index contributed by atoms with van der Waals surface area (Å²) in [6, 6.07) is 19.7. The first kappa shape index (κ1) is 26.2. The Kier molecular flexibility index (Phi) is 7.19. The monoisotopic (exact) mass is 542 g/mol. The van der Waals surface area contributed by atoms with Gasteiger partial charge in [-0.05, 0) is 48.2 Å². The summed E-state index contributed by atoms with van der Waals surface area (Å²) in [4.78, 5) is 2.21. The van der Waals surface area contributed by atoms with E-state index in [1.54, 1.807) is 29.8 Å². The van der Waals surface area contributed by atoms with Gasteiger partial charge in [0.15, 0.2) is 5.82 Å². The molecule has 1 aromatic heterocycles. The Hall–Kier alpha value is -3.37. The smallest absolute Gasteiger partial charge is 0.355 e. The summed E-state index contributed by atoms with van der Waals surface area (Å²) in [6.07, 6.45) is -2.53. The molecule has 5 rings (SSSR count). The van der Waals surface area contributed by atoms with Crippen LogP contribution < -0.4 is 4.90 Å². The molecule has 4 aromatic rings. The van der Waals surface area contributed by atoms with Gasteiger partial charge >= 0.3 is 6.18 Å². The Morgan fingerprint density at radius 2 is 1.63 bits per heavy atom. The van der Waals surface area contributed by atoms with E-state index in [2.05, 4.69) is 4.90 Å². The van der Waals surface area contributed by atoms with Crippen LogP contribution in [0.15, 0.2) is 77.7 Å². The largest absolute Gasteiger partial charge is 0.416 e. The molecule has 0 saturated carbocycles. The summed E-state index contributed by atoms with van der Waals surface area (Å²) < 4.78 is 71.2. The van der Waals surface area contributed by atoms with Gasteiger partial charge in [-0.15, -0.1) is 0 Å². The minimum absolute atomic E-state index is 0.0821. The van der Waals surface area contributed by atoms with Crippen molar-refractivity contribution in [2.24, 2.45) is 0 Å². The summed E-state index contributed by atoms with van der Waals surface area (Å²) in [5.74, 6) is 0.602. The Morgan fingerprint density at radius 3 is 2.32 bits per heavy atom. The fourth-order valence-electron chi connectivity index (χ4n) is 4.98. The molecule has 1 saturated heterocycles. The molecule has 3 aromatic carbocycles. The van der Waals surface area contributed by atoms with Crippen LogP contribution in [0.1, 0.15) is 36.5 Å². The van der Waals surface area contributed by atoms with Crippen LogP contribution in [0, 0.1) is 0 Å². The van der Waals surface area contributed by atoms with Gasteiger partial charge < -0.3 is 4.90 Å². The van der Waals surface area contributed by atoms with E-state index in [1.165, 1.54) is 22.5 Å². The third kappa shape index (κ3) is 5.15. The lowest BCUT2D eigenvalue weighted by atomic mass is 10.1. The number of sulfonamides is 1. The molecule has 2 heterocycles. The molecule has 1 fully saturated rings. The second kappa shape index (κ2) is 10.4. The number of benzene rings is 3. The third-order valence-electron chi connectivity index (χ3n) is 6.94. The normalized spacial score (nSPS) is 14.6. The lowest BCUT2D eigenvalue weighted by Crippen LogP contribution is -2.30. The number of halogens is 3. The first-order valence-electron chi connectivity index (χ1n) is 12.6. The number of nitrogens with zero attached hydrogens (tertiary/aromatic N) is 4. The van der Waals surface area contributed by atoms with Crippen molar-refractivity contribution in [2.45, 2.75) is 43.9 Å². The van der Waals surface area contributed by atoms with Gasteiger partial charge in [0, 0.05) is 31.6 Å². The topological polar surface area (TPSA) is 58.4 Å². The molecule has 38 heavy (non-hydrogen) atoms. The Bertz CT molecular complexity index is 1530. The molecule has 1 aliphatic heterocycles. The van der Waals surface area contributed by atoms with Crippen LogP contribution in [0.2, 0.25) is 0 Å². The summed E-state index contributed by atoms with van der Waals surface area (Å²) in [5.41, 5.74) is 0.876. The van der Waals surface area contributed by atoms with Crippen LogP contribution in [0.25, 0.3) is 10.9 Å². The number of aromatic nitrogens is 2. The zero-order valence-electron chi connectivity index (χ0n) is 21.0. The Balaban J connectivity index is 1.57. The second-order valence-corrected chi connectivity index (χ2v) is 11.4. The summed E-state index contributed by atoms with van der Waals surface area (Å²) in [7, 11) is -3.83. The lowest BCUT2D eigenvalue weighted by molar-refractivity contribution is -0.138. The third-order valence-corrected chi connectivity index (χ3v) is 8.86. The fourth-order valence-corrected chi connectivity index (χ4v) is 6.45. The van der Waals surface area contributed by atoms with Crippen molar-refractivity contribution in [3.8, 4) is 0 Å². The molecule has 10 heteroatoms. The number of anilines is 1. The molecule has 0 aliphatic carbocycles. The van der Waals surface area contributed by atoms with E-state index in [0.29, 0.717) is 23.3 Å². The van der Waals surface area contributed by atoms with Crippen molar-refractivity contribution in [3.63, 3.8) is 0 Å². The maximum Gasteiger partial charge on any atom is 0.416 e. The van der Waals surface area contributed by atoms with Gasteiger partial charge in [-0.25, -0.2) is 8.42 Å². The van der Waals surface area contributed by atoms with Crippen molar-refractivity contribution in [1.29, 1.82) is 0 Å². The van der Waals surface area contributed by atoms with Crippen LogP contribution in [0.3, 0.4) is 0 Å². The van der Waals surface area contributed by atoms with Gasteiger partial charge in [-0.1, -0.05) is 55.5 Å². The highest BCUT2D eigenvalue weighted by atomic mass is 32.2. The van der Waals surface area contributed by atoms with Crippen molar-refractivity contribution in [2.75, 3.05) is 24.5 Å². The van der Waals surface area contributed by atoms with Crippen molar-refractivity contribution >= 4 is 26.7 Å². The zero-order chi connectivity index (χ0) is 26.9. The standard InChI is InChI=1S/C28H29F3N4O2S/c1-2-34(19-21-10-4-3-5-11-21)38(36,37)23-14-15-26-24(18-23)27(33-16-8-9-17-33)32-35(26)20-22-12-6-7-13-25(22)28(29,30)31/h3-7,10-15,18H,2,8-9,16-17,19-20H2,1H3. The summed E-state index contributed by atoms with van der Waals surface area (Å²) in [5, 5.41) is 5.33. The number of alkyl halides is 3. The minimum atomic E-state index is -4.49. The lowest BCUT2D eigenvalue weighted by Gasteiger charge is -2.21. The Morgan fingerprint density at radius 1 is 0.947 bits per heavy atom. The van der Waals surface area contributed by atoms with E-state index < -0.39 is 21.8 Å². The Labute approximate surface area is 220 Å². The highest BCUT2D eigenvalue weighted by molar-refractivity contribution is 7.89. The molecule has 0 bridgehead atoms. The van der Waals surface area contributed by atoms with E-state index in [-0.39, 0.29) is 23.5 Å². The van der Waals surface area contributed by atoms with Crippen LogP contribution in [-0.2, 0) is 29.3 Å². The molecule has 200 valence electrons. The first-order chi connectivity index (χ1) is 18.2. The summed E-state index contributed by atoms with van der Waals surface area (Å²) in [6.45, 7) is 3.77. The van der Waals surface area contributed by atoms with Gasteiger partial charge in [0.2, 0.25) is 10.0 Å². The predicted octanol–water partition coefficient (Wildman–Crippen LogP) is 5.91. The van der Waals surface area contributed by atoms with E-state index >= 15 is 0 Å². The first-order valence-corrected chi connectivity index (χ1v) is 14.1. The second-order valence-electron chi connectivity index (χ2n) is 9.43. The molecule has 0 radical (unpaired) electrons. The molecule has 6 nitrogen and oxygen atoms in total. The molecule has 0 amide bonds. The summed E-state index contributed by atoms with van der Waals surface area (Å²) >= 11 is 0. The van der Waals surface area contributed by atoms with Gasteiger partial charge in [-0.3, -0.25) is 4.68 Å². The van der Waals surface area contributed by atoms with E-state index in [0.717, 1.165) is 37.6 Å². The fraction of sp³-hybridized carbons (Fsp3) is 0.321. The van der Waals surface area contributed by atoms with Crippen LogP contribution in [0.5, 0.6) is 0 Å². The van der Waals surface area contributed by atoms with Crippen LogP contribution >= 0.6 is 0 Å². The number of hydrogen-bond donors (Lipinski definition) is 0. The average Bonchev–Trinajstić information content (AvgIpc) is 3.56. The number of fused-ring (bicyclic) bond motifs is 1. The molecular weight excluding hydrogens is 513 g/mol. The van der Waals surface area contributed by atoms with E-state index in [4.69, 9.17) is 5.10 Å². The average molecular weight is 543 g/mol. The molecule has 0 N–H and O–H groups in total. The highest BCUT2D eigenvalue weighted by Gasteiger charge is 2.33. The van der Waals surface area contributed by atoms with E-state index in [1.807, 2.05) is 30.3 Å². The molecule has 0 atom stereocenters. The van der Waals surface area contributed by atoms with Crippen molar-refractivity contribution in [3.05, 3.63) is 89.5 Å². The SMILES string of the molecule is CCN(Cc1ccccc1)S(=O)(=O)c1ccc2c(c1)c(N1CCCC1)nn2Cc1ccccc1C(F)(F)F. The molecule has 1 aliphatic rings. The highest BCUT2D eigenvalue weighted by Crippen LogP contribution is 2.35. The number of hydrogen-bond acceptors (Lipinski definition) is 4. The van der Waals surface area contributed by atoms with Crippen LogP contribution in [-0.4, -0.2) is 42.1 Å². The van der Waals surface area contributed by atoms with Crippen molar-refractivity contribution in [1.82, 2.24) is 14.1 Å². The van der Waals surface area contributed by atoms with E-state index in [9.17, 15) is 21.6 Å². The maximum atomic E-state index is 13.7. The quantitative estimate of drug-likeness (QED) is 0.278. The van der Waals surface area contributed by atoms with Gasteiger partial charge in [0.05, 0.1) is 22.5 Å². The van der Waals surface area contributed by atoms with Gasteiger partial charge in [0.25, 0.3) is 0 Å². The molecular formula is C28H29F3N4O2S. The molecule has 0 spiro atoms. The molecule has 0 unspecified atom stereocenters. The van der Waals surface area contributed by atoms with Crippen molar-refractivity contribution < 1.29 is 21.6 Å². The van der Waals surface area contributed by atoms with Gasteiger partial charge in [-0.2, -0.15) is 22.6 Å². The number of rotatable bonds is 8. The predicted molar refractivity (Wildman–Crippen MR) is 141 cm³/mol. The maximum absolute atomic E-state index is 13.7. The van der Waals surface area contributed by atoms with Crippen LogP contribution in [0.4, 0.5) is 19.0 Å². The zero-order valence-corrected chi connectivity index (χ0v) is 21.8. The minimum Gasteiger partial charge on any atom is -0.355 e. The van der Waals surface area contributed by atoms with Gasteiger partial charge in [0.1, 0.15) is 0 Å².